The molecule has 1 N–H and O–H groups in total. The molecule has 2 rings (SSSR count). The molecule has 92 valence electrons. The number of hydrogen-bond donors (Lipinski definition) is 1. The van der Waals surface area contributed by atoms with Gasteiger partial charge in [0.25, 0.3) is 0 Å². The van der Waals surface area contributed by atoms with Crippen LogP contribution in [0.1, 0.15) is 23.6 Å². The molecule has 1 aromatic carbocycles. The molecule has 1 aromatic heterocycles. The van der Waals surface area contributed by atoms with Crippen molar-refractivity contribution in [3.63, 3.8) is 0 Å². The van der Waals surface area contributed by atoms with Crippen LogP contribution in [0, 0.1) is 11.3 Å². The Balaban J connectivity index is 2.14. The average Bonchev–Trinajstić information content (AvgIpc) is 2.77. The number of benzene rings is 1. The van der Waals surface area contributed by atoms with Crippen molar-refractivity contribution in [3.8, 4) is 6.07 Å². The first-order chi connectivity index (χ1) is 8.76. The first-order valence-corrected chi connectivity index (χ1v) is 6.77. The van der Waals surface area contributed by atoms with E-state index in [0.717, 1.165) is 11.4 Å². The van der Waals surface area contributed by atoms with Gasteiger partial charge < -0.3 is 5.32 Å². The van der Waals surface area contributed by atoms with Gasteiger partial charge in [0.2, 0.25) is 0 Å². The van der Waals surface area contributed by atoms with Crippen LogP contribution in [0.2, 0.25) is 5.15 Å². The fourth-order valence-electron chi connectivity index (χ4n) is 1.74. The summed E-state index contributed by atoms with van der Waals surface area (Å²) < 4.78 is 3.96. The maximum atomic E-state index is 8.98. The number of hydrogen-bond acceptors (Lipinski definition) is 4. The molecule has 3 nitrogen and oxygen atoms in total. The van der Waals surface area contributed by atoms with Gasteiger partial charge >= 0.3 is 0 Å². The molecular formula is C13H12ClN3S. The summed E-state index contributed by atoms with van der Waals surface area (Å²) in [5, 5.41) is 13.2. The number of nitrogens with one attached hydrogen (secondary N) is 1. The molecule has 0 saturated heterocycles. The number of halogens is 1. The fraction of sp³-hybridized carbons (Fsp3) is 0.231. The van der Waals surface area contributed by atoms with E-state index in [2.05, 4.69) is 34.8 Å². The van der Waals surface area contributed by atoms with Gasteiger partial charge in [-0.2, -0.15) is 9.64 Å². The van der Waals surface area contributed by atoms with Crippen molar-refractivity contribution in [2.75, 3.05) is 5.32 Å². The Bertz CT molecular complexity index is 586. The van der Waals surface area contributed by atoms with E-state index in [1.807, 2.05) is 12.1 Å². The van der Waals surface area contributed by atoms with Crippen LogP contribution in [0.3, 0.4) is 0 Å². The van der Waals surface area contributed by atoms with E-state index >= 15 is 0 Å². The van der Waals surface area contributed by atoms with Gasteiger partial charge in [0, 0.05) is 6.54 Å². The molecule has 0 aliphatic rings. The molecule has 0 atom stereocenters. The van der Waals surface area contributed by atoms with Crippen LogP contribution in [0.25, 0.3) is 0 Å². The Labute approximate surface area is 115 Å². The Kier molecular flexibility index (Phi) is 4.19. The minimum atomic E-state index is 0.272. The maximum Gasteiger partial charge on any atom is 0.162 e. The molecule has 0 radical (unpaired) electrons. The second-order valence-electron chi connectivity index (χ2n) is 3.77. The first-order valence-electron chi connectivity index (χ1n) is 5.62. The number of anilines is 1. The van der Waals surface area contributed by atoms with Gasteiger partial charge in [0.05, 0.1) is 0 Å². The van der Waals surface area contributed by atoms with E-state index in [1.165, 1.54) is 22.7 Å². The smallest absolute Gasteiger partial charge is 0.162 e. The van der Waals surface area contributed by atoms with Gasteiger partial charge in [0.1, 0.15) is 16.6 Å². The number of aromatic nitrogens is 1. The van der Waals surface area contributed by atoms with Crippen molar-refractivity contribution in [3.05, 3.63) is 46.1 Å². The summed E-state index contributed by atoms with van der Waals surface area (Å²) in [4.78, 5) is 0. The number of aryl methyl sites for hydroxylation is 1. The Hall–Kier alpha value is -1.57. The molecule has 0 aliphatic carbocycles. The molecule has 18 heavy (non-hydrogen) atoms. The van der Waals surface area contributed by atoms with Gasteiger partial charge in [-0.25, -0.2) is 0 Å². The van der Waals surface area contributed by atoms with E-state index in [-0.39, 0.29) is 5.15 Å². The zero-order chi connectivity index (χ0) is 13.0. The van der Waals surface area contributed by atoms with Crippen LogP contribution in [0.15, 0.2) is 24.3 Å². The highest BCUT2D eigenvalue weighted by molar-refractivity contribution is 7.10. The molecule has 0 bridgehead atoms. The highest BCUT2D eigenvalue weighted by Gasteiger charge is 2.11. The Morgan fingerprint density at radius 1 is 1.39 bits per heavy atom. The third-order valence-electron chi connectivity index (χ3n) is 2.70. The van der Waals surface area contributed by atoms with E-state index in [1.54, 1.807) is 0 Å². The number of nitriles is 1. The summed E-state index contributed by atoms with van der Waals surface area (Å²) in [6.07, 6.45) is 0.992. The van der Waals surface area contributed by atoms with Gasteiger partial charge in [0.15, 0.2) is 5.15 Å². The van der Waals surface area contributed by atoms with Crippen LogP contribution in [0.4, 0.5) is 5.00 Å². The van der Waals surface area contributed by atoms with E-state index in [4.69, 9.17) is 16.9 Å². The summed E-state index contributed by atoms with van der Waals surface area (Å²) >= 11 is 7.04. The van der Waals surface area contributed by atoms with E-state index in [9.17, 15) is 0 Å². The number of rotatable bonds is 4. The fourth-order valence-corrected chi connectivity index (χ4v) is 2.67. The largest absolute Gasteiger partial charge is 0.370 e. The lowest BCUT2D eigenvalue weighted by Crippen LogP contribution is -2.02. The topological polar surface area (TPSA) is 48.7 Å². The van der Waals surface area contributed by atoms with Crippen LogP contribution in [-0.2, 0) is 13.0 Å². The van der Waals surface area contributed by atoms with Crippen molar-refractivity contribution in [2.24, 2.45) is 0 Å². The quantitative estimate of drug-likeness (QED) is 0.924. The molecule has 0 aliphatic heterocycles. The van der Waals surface area contributed by atoms with Gasteiger partial charge in [-0.05, 0) is 29.1 Å². The summed E-state index contributed by atoms with van der Waals surface area (Å²) in [5.74, 6) is 0. The molecule has 0 amide bonds. The molecular weight excluding hydrogens is 266 g/mol. The van der Waals surface area contributed by atoms with Gasteiger partial charge in [-0.3, -0.25) is 0 Å². The molecule has 0 fully saturated rings. The minimum Gasteiger partial charge on any atom is -0.370 e. The minimum absolute atomic E-state index is 0.272. The molecule has 0 saturated carbocycles. The standard InChI is InChI=1S/C13H12ClN3S/c1-2-9-5-3-4-6-10(9)8-16-13-11(7-15)12(14)17-18-13/h3-6,16H,2,8H2,1H3. The monoisotopic (exact) mass is 277 g/mol. The molecule has 0 spiro atoms. The van der Waals surface area contributed by atoms with E-state index in [0.29, 0.717) is 12.1 Å². The predicted octanol–water partition coefficient (Wildman–Crippen LogP) is 3.84. The molecule has 0 unspecified atom stereocenters. The third-order valence-corrected chi connectivity index (χ3v) is 3.88. The second-order valence-corrected chi connectivity index (χ2v) is 4.90. The molecule has 1 heterocycles. The Morgan fingerprint density at radius 3 is 2.78 bits per heavy atom. The predicted molar refractivity (Wildman–Crippen MR) is 75.0 cm³/mol. The van der Waals surface area contributed by atoms with Crippen molar-refractivity contribution in [1.82, 2.24) is 4.37 Å². The zero-order valence-corrected chi connectivity index (χ0v) is 11.5. The van der Waals surface area contributed by atoms with Gasteiger partial charge in [-0.1, -0.05) is 42.8 Å². The highest BCUT2D eigenvalue weighted by Crippen LogP contribution is 2.28. The zero-order valence-electron chi connectivity index (χ0n) is 9.90. The van der Waals surface area contributed by atoms with E-state index < -0.39 is 0 Å². The lowest BCUT2D eigenvalue weighted by Gasteiger charge is -2.08. The van der Waals surface area contributed by atoms with Crippen molar-refractivity contribution in [1.29, 1.82) is 5.26 Å². The van der Waals surface area contributed by atoms with Crippen molar-refractivity contribution in [2.45, 2.75) is 19.9 Å². The van der Waals surface area contributed by atoms with Crippen LogP contribution < -0.4 is 5.32 Å². The average molecular weight is 278 g/mol. The first kappa shape index (κ1) is 12.9. The van der Waals surface area contributed by atoms with Crippen LogP contribution in [-0.4, -0.2) is 4.37 Å². The second kappa shape index (κ2) is 5.85. The van der Waals surface area contributed by atoms with Crippen LogP contribution in [0.5, 0.6) is 0 Å². The van der Waals surface area contributed by atoms with Crippen LogP contribution >= 0.6 is 23.1 Å². The summed E-state index contributed by atoms with van der Waals surface area (Å²) in [7, 11) is 0. The summed E-state index contributed by atoms with van der Waals surface area (Å²) in [6, 6.07) is 10.3. The molecule has 2 aromatic rings. The summed E-state index contributed by atoms with van der Waals surface area (Å²) in [6.45, 7) is 2.81. The normalized spacial score (nSPS) is 10.1. The molecule has 5 heteroatoms. The van der Waals surface area contributed by atoms with Gasteiger partial charge in [-0.15, -0.1) is 0 Å². The lowest BCUT2D eigenvalue weighted by molar-refractivity contribution is 1.05. The van der Waals surface area contributed by atoms with Crippen molar-refractivity contribution >= 4 is 28.1 Å². The maximum absolute atomic E-state index is 8.98. The lowest BCUT2D eigenvalue weighted by atomic mass is 10.1. The Morgan fingerprint density at radius 2 is 2.11 bits per heavy atom. The SMILES string of the molecule is CCc1ccccc1CNc1snc(Cl)c1C#N. The third kappa shape index (κ3) is 2.63. The highest BCUT2D eigenvalue weighted by atomic mass is 35.5. The summed E-state index contributed by atoms with van der Waals surface area (Å²) in [5.41, 5.74) is 2.96. The number of nitrogens with zero attached hydrogens (tertiary/aromatic N) is 2. The van der Waals surface area contributed by atoms with Crippen molar-refractivity contribution < 1.29 is 0 Å².